The summed E-state index contributed by atoms with van der Waals surface area (Å²) in [5.41, 5.74) is 1.03. The van der Waals surface area contributed by atoms with Gasteiger partial charge < -0.3 is 0 Å². The Morgan fingerprint density at radius 1 is 0.444 bits per heavy atom. The van der Waals surface area contributed by atoms with Crippen LogP contribution in [-0.2, 0) is 0 Å². The third-order valence-electron chi connectivity index (χ3n) is 5.90. The summed E-state index contributed by atoms with van der Waals surface area (Å²) in [6.45, 7) is 14.5. The van der Waals surface area contributed by atoms with Crippen LogP contribution < -0.4 is 0 Å². The molecule has 1 heteroatoms. The third-order valence-corrected chi connectivity index (χ3v) is 7.87. The summed E-state index contributed by atoms with van der Waals surface area (Å²) in [4.78, 5) is 0. The van der Waals surface area contributed by atoms with E-state index in [1.54, 1.807) is 0 Å². The Morgan fingerprint density at radius 3 is 1.07 bits per heavy atom. The molecule has 0 atom stereocenters. The molecule has 0 aliphatic carbocycles. The summed E-state index contributed by atoms with van der Waals surface area (Å²) >= 11 is 2.22. The van der Waals surface area contributed by atoms with Crippen molar-refractivity contribution in [1.29, 1.82) is 0 Å². The van der Waals surface area contributed by atoms with Gasteiger partial charge in [-0.05, 0) is 35.2 Å². The highest BCUT2D eigenvalue weighted by Crippen LogP contribution is 2.34. The molecule has 0 radical (unpaired) electrons. The van der Waals surface area contributed by atoms with Gasteiger partial charge in [0, 0.05) is 0 Å². The summed E-state index contributed by atoms with van der Waals surface area (Å²) in [7, 11) is 0. The first-order valence-corrected chi connectivity index (χ1v) is 13.6. The normalized spacial score (nSPS) is 12.7. The highest BCUT2D eigenvalue weighted by Gasteiger charge is 2.21. The van der Waals surface area contributed by atoms with Crippen molar-refractivity contribution in [3.05, 3.63) is 0 Å². The van der Waals surface area contributed by atoms with Gasteiger partial charge in [-0.3, -0.25) is 0 Å². The van der Waals surface area contributed by atoms with Crippen molar-refractivity contribution in [3.63, 3.8) is 0 Å². The zero-order valence-corrected chi connectivity index (χ0v) is 21.0. The van der Waals surface area contributed by atoms with E-state index in [1.165, 1.54) is 114 Å². The van der Waals surface area contributed by atoms with E-state index in [-0.39, 0.29) is 0 Å². The summed E-state index contributed by atoms with van der Waals surface area (Å²) in [5.74, 6) is 2.67. The molecule has 0 unspecified atom stereocenters. The fraction of sp³-hybridized carbons (Fsp3) is 1.00. The van der Waals surface area contributed by atoms with Crippen molar-refractivity contribution in [2.24, 2.45) is 10.8 Å². The smallest absolute Gasteiger partial charge is 0.00159 e. The van der Waals surface area contributed by atoms with E-state index in [2.05, 4.69) is 53.3 Å². The van der Waals surface area contributed by atoms with E-state index in [0.29, 0.717) is 10.8 Å². The van der Waals surface area contributed by atoms with E-state index < -0.39 is 0 Å². The second-order valence-corrected chi connectivity index (χ2v) is 11.5. The van der Waals surface area contributed by atoms with Crippen molar-refractivity contribution < 1.29 is 0 Å². The summed E-state index contributed by atoms with van der Waals surface area (Å²) < 4.78 is 0. The zero-order chi connectivity index (χ0) is 20.4. The van der Waals surface area contributed by atoms with Gasteiger partial charge in [0.05, 0.1) is 0 Å². The molecule has 0 spiro atoms. The third kappa shape index (κ3) is 19.4. The number of unbranched alkanes of at least 4 members (excludes halogenated alkanes) is 12. The average Bonchev–Trinajstić information content (AvgIpc) is 2.59. The molecule has 0 N–H and O–H groups in total. The highest BCUT2D eigenvalue weighted by molar-refractivity contribution is 7.99. The Kier molecular flexibility index (Phi) is 17.5. The van der Waals surface area contributed by atoms with Crippen LogP contribution in [0.2, 0.25) is 0 Å². The number of hydrogen-bond acceptors (Lipinski definition) is 1. The van der Waals surface area contributed by atoms with E-state index >= 15 is 0 Å². The van der Waals surface area contributed by atoms with Gasteiger partial charge in [-0.1, -0.05) is 131 Å². The first-order valence-electron chi connectivity index (χ1n) is 12.4. The molecule has 0 rings (SSSR count). The molecule has 0 aromatic heterocycles. The van der Waals surface area contributed by atoms with Crippen molar-refractivity contribution in [2.75, 3.05) is 11.5 Å². The van der Waals surface area contributed by atoms with E-state index in [0.717, 1.165) is 0 Å². The molecule has 0 amide bonds. The number of rotatable bonds is 20. The molecule has 0 aromatic rings. The second-order valence-electron chi connectivity index (χ2n) is 10.6. The molecule has 0 heterocycles. The minimum Gasteiger partial charge on any atom is -0.161 e. The lowest BCUT2D eigenvalue weighted by Gasteiger charge is -2.28. The summed E-state index contributed by atoms with van der Waals surface area (Å²) in [6, 6.07) is 0. The minimum absolute atomic E-state index is 0.517. The molecule has 0 fully saturated rings. The molecular weight excluding hydrogens is 344 g/mol. The zero-order valence-electron chi connectivity index (χ0n) is 20.1. The van der Waals surface area contributed by atoms with Gasteiger partial charge in [0.2, 0.25) is 0 Å². The molecule has 0 aromatic carbocycles. The van der Waals surface area contributed by atoms with Crippen molar-refractivity contribution in [3.8, 4) is 0 Å². The van der Waals surface area contributed by atoms with Gasteiger partial charge in [0.1, 0.15) is 0 Å². The molecule has 0 nitrogen and oxygen atoms in total. The van der Waals surface area contributed by atoms with Crippen LogP contribution in [0.15, 0.2) is 0 Å². The molecule has 27 heavy (non-hydrogen) atoms. The number of thioether (sulfide) groups is 1. The topological polar surface area (TPSA) is 0 Å². The van der Waals surface area contributed by atoms with Crippen LogP contribution in [0.25, 0.3) is 0 Å². The van der Waals surface area contributed by atoms with Gasteiger partial charge in [-0.2, -0.15) is 11.8 Å². The highest BCUT2D eigenvalue weighted by atomic mass is 32.2. The van der Waals surface area contributed by atoms with Gasteiger partial charge in [-0.25, -0.2) is 0 Å². The van der Waals surface area contributed by atoms with Crippen LogP contribution in [0.1, 0.15) is 144 Å². The number of hydrogen-bond donors (Lipinski definition) is 0. The van der Waals surface area contributed by atoms with E-state index in [1.807, 2.05) is 0 Å². The quantitative estimate of drug-likeness (QED) is 0.184. The molecule has 0 saturated carbocycles. The lowest BCUT2D eigenvalue weighted by Crippen LogP contribution is -2.19. The maximum absolute atomic E-state index is 2.49. The van der Waals surface area contributed by atoms with Crippen molar-refractivity contribution >= 4 is 11.8 Å². The molecule has 164 valence electrons. The van der Waals surface area contributed by atoms with E-state index in [4.69, 9.17) is 0 Å². The van der Waals surface area contributed by atoms with Crippen LogP contribution in [0.5, 0.6) is 0 Å². The maximum Gasteiger partial charge on any atom is -0.00159 e. The Labute approximate surface area is 178 Å². The fourth-order valence-corrected chi connectivity index (χ4v) is 5.37. The summed E-state index contributed by atoms with van der Waals surface area (Å²) in [6.07, 6.45) is 22.9. The monoisotopic (exact) mass is 398 g/mol. The fourth-order valence-electron chi connectivity index (χ4n) is 3.87. The van der Waals surface area contributed by atoms with Crippen LogP contribution in [0, 0.1) is 10.8 Å². The molecular formula is C26H54S. The van der Waals surface area contributed by atoms with Gasteiger partial charge in [-0.15, -0.1) is 0 Å². The molecule has 0 aliphatic rings. The van der Waals surface area contributed by atoms with Gasteiger partial charge >= 0.3 is 0 Å². The molecule has 0 saturated heterocycles. The minimum atomic E-state index is 0.517. The summed E-state index contributed by atoms with van der Waals surface area (Å²) in [5, 5.41) is 0. The predicted molar refractivity (Wildman–Crippen MR) is 130 cm³/mol. The van der Waals surface area contributed by atoms with Gasteiger partial charge in [0.25, 0.3) is 0 Å². The first kappa shape index (κ1) is 27.4. The maximum atomic E-state index is 2.49. The largest absolute Gasteiger partial charge is 0.161 e. The van der Waals surface area contributed by atoms with Crippen LogP contribution in [-0.4, -0.2) is 11.5 Å². The molecule has 0 bridgehead atoms. The first-order chi connectivity index (χ1) is 12.8. The Morgan fingerprint density at radius 2 is 0.741 bits per heavy atom. The standard InChI is InChI=1S/C26H54S/c1-7-9-11-13-15-17-19-21-25(3,4)23-27-24-26(5,6)22-20-18-16-14-12-10-8-2/h7-24H2,1-6H3. The van der Waals surface area contributed by atoms with Crippen molar-refractivity contribution in [2.45, 2.75) is 144 Å². The Balaban J connectivity index is 3.68. The van der Waals surface area contributed by atoms with Gasteiger partial charge in [0.15, 0.2) is 0 Å². The van der Waals surface area contributed by atoms with Crippen LogP contribution in [0.3, 0.4) is 0 Å². The SMILES string of the molecule is CCCCCCCCCC(C)(C)CSCC(C)(C)CCCCCCCCC. The Hall–Kier alpha value is 0.350. The lowest BCUT2D eigenvalue weighted by molar-refractivity contribution is 0.354. The molecule has 0 aliphatic heterocycles. The lowest BCUT2D eigenvalue weighted by atomic mass is 9.88. The Bertz CT molecular complexity index is 275. The van der Waals surface area contributed by atoms with Crippen LogP contribution >= 0.6 is 11.8 Å². The van der Waals surface area contributed by atoms with Crippen LogP contribution in [0.4, 0.5) is 0 Å². The predicted octanol–water partition coefficient (Wildman–Crippen LogP) is 10.1. The van der Waals surface area contributed by atoms with E-state index in [9.17, 15) is 0 Å². The van der Waals surface area contributed by atoms with Crippen molar-refractivity contribution in [1.82, 2.24) is 0 Å². The average molecular weight is 399 g/mol. The second kappa shape index (κ2) is 17.2.